The van der Waals surface area contributed by atoms with E-state index in [1.165, 1.54) is 47.5 Å². The van der Waals surface area contributed by atoms with Crippen LogP contribution in [0.3, 0.4) is 0 Å². The standard InChI is InChI=1S/C22H27Cl2N/c1-14(2)5-4-6-15(3)7-9-19-20(24)12-11-18-17-10-8-16(23)13-21(17)25-22(18)19/h8,10-15,25H,4-7,9H2,1-3H3. The summed E-state index contributed by atoms with van der Waals surface area (Å²) in [6.45, 7) is 6.96. The van der Waals surface area contributed by atoms with Crippen LogP contribution in [0, 0.1) is 11.8 Å². The van der Waals surface area contributed by atoms with Crippen LogP contribution in [0.5, 0.6) is 0 Å². The van der Waals surface area contributed by atoms with Gasteiger partial charge in [-0.2, -0.15) is 0 Å². The SMILES string of the molecule is CC(C)CCCC(C)CCc1c(Cl)ccc2c1[nH]c1cc(Cl)ccc12. The minimum atomic E-state index is 0.726. The highest BCUT2D eigenvalue weighted by atomic mass is 35.5. The average Bonchev–Trinajstić information content (AvgIpc) is 2.91. The lowest BCUT2D eigenvalue weighted by molar-refractivity contribution is 0.437. The van der Waals surface area contributed by atoms with Gasteiger partial charge in [0.25, 0.3) is 0 Å². The summed E-state index contributed by atoms with van der Waals surface area (Å²) in [5.74, 6) is 1.53. The maximum atomic E-state index is 6.55. The summed E-state index contributed by atoms with van der Waals surface area (Å²) in [6.07, 6.45) is 6.13. The molecule has 0 amide bonds. The normalized spacial score (nSPS) is 13.2. The summed E-state index contributed by atoms with van der Waals surface area (Å²) in [5, 5.41) is 4.06. The highest BCUT2D eigenvalue weighted by Gasteiger charge is 2.13. The van der Waals surface area contributed by atoms with Crippen LogP contribution in [0.15, 0.2) is 30.3 Å². The molecule has 0 saturated heterocycles. The van der Waals surface area contributed by atoms with Gasteiger partial charge in [-0.05, 0) is 48.4 Å². The Bertz CT molecular complexity index is 863. The number of benzene rings is 2. The van der Waals surface area contributed by atoms with Gasteiger partial charge in [0.15, 0.2) is 0 Å². The van der Waals surface area contributed by atoms with Crippen molar-refractivity contribution in [1.29, 1.82) is 0 Å². The number of nitrogens with one attached hydrogen (secondary N) is 1. The van der Waals surface area contributed by atoms with Crippen molar-refractivity contribution in [2.75, 3.05) is 0 Å². The van der Waals surface area contributed by atoms with Crippen molar-refractivity contribution < 1.29 is 0 Å². The zero-order valence-electron chi connectivity index (χ0n) is 15.3. The quantitative estimate of drug-likeness (QED) is 0.430. The maximum Gasteiger partial charge on any atom is 0.0512 e. The number of hydrogen-bond acceptors (Lipinski definition) is 0. The van der Waals surface area contributed by atoms with E-state index in [-0.39, 0.29) is 0 Å². The fourth-order valence-corrected chi connectivity index (χ4v) is 4.06. The molecule has 0 radical (unpaired) electrons. The number of halogens is 2. The van der Waals surface area contributed by atoms with Crippen LogP contribution in [0.2, 0.25) is 10.0 Å². The Hall–Kier alpha value is -1.18. The first-order valence-electron chi connectivity index (χ1n) is 9.34. The lowest BCUT2D eigenvalue weighted by atomic mass is 9.93. The van der Waals surface area contributed by atoms with Gasteiger partial charge in [0.1, 0.15) is 0 Å². The number of aryl methyl sites for hydroxylation is 1. The lowest BCUT2D eigenvalue weighted by Crippen LogP contribution is -2.00. The van der Waals surface area contributed by atoms with E-state index in [2.05, 4.69) is 37.9 Å². The Balaban J connectivity index is 1.81. The molecule has 0 spiro atoms. The Kier molecular flexibility index (Phi) is 5.96. The number of aromatic amines is 1. The van der Waals surface area contributed by atoms with Crippen molar-refractivity contribution in [1.82, 2.24) is 4.98 Å². The summed E-state index contributed by atoms with van der Waals surface area (Å²) in [7, 11) is 0. The van der Waals surface area contributed by atoms with E-state index in [0.717, 1.165) is 33.8 Å². The first-order chi connectivity index (χ1) is 12.0. The van der Waals surface area contributed by atoms with Crippen LogP contribution in [0.25, 0.3) is 21.8 Å². The highest BCUT2D eigenvalue weighted by Crippen LogP contribution is 2.34. The van der Waals surface area contributed by atoms with Crippen LogP contribution in [-0.2, 0) is 6.42 Å². The van der Waals surface area contributed by atoms with E-state index < -0.39 is 0 Å². The van der Waals surface area contributed by atoms with Crippen LogP contribution >= 0.6 is 23.2 Å². The first-order valence-corrected chi connectivity index (χ1v) is 10.1. The first kappa shape index (κ1) is 18.6. The van der Waals surface area contributed by atoms with E-state index in [4.69, 9.17) is 23.2 Å². The van der Waals surface area contributed by atoms with Gasteiger partial charge in [-0.15, -0.1) is 0 Å². The number of H-pyrrole nitrogens is 1. The van der Waals surface area contributed by atoms with Gasteiger partial charge >= 0.3 is 0 Å². The topological polar surface area (TPSA) is 15.8 Å². The zero-order chi connectivity index (χ0) is 18.0. The molecule has 0 aliphatic rings. The molecule has 3 rings (SSSR count). The molecule has 0 bridgehead atoms. The molecule has 3 aromatic rings. The third-order valence-corrected chi connectivity index (χ3v) is 5.74. The number of aromatic nitrogens is 1. The number of hydrogen-bond donors (Lipinski definition) is 1. The summed E-state index contributed by atoms with van der Waals surface area (Å²) in [4.78, 5) is 3.54. The predicted molar refractivity (Wildman–Crippen MR) is 112 cm³/mol. The molecule has 134 valence electrons. The third kappa shape index (κ3) is 4.33. The lowest BCUT2D eigenvalue weighted by Gasteiger charge is -2.13. The molecule has 1 atom stereocenters. The van der Waals surface area contributed by atoms with Crippen molar-refractivity contribution in [3.05, 3.63) is 45.9 Å². The molecule has 25 heavy (non-hydrogen) atoms. The molecule has 1 heterocycles. The molecular weight excluding hydrogens is 349 g/mol. The van der Waals surface area contributed by atoms with Gasteiger partial charge in [-0.25, -0.2) is 0 Å². The molecule has 0 aliphatic heterocycles. The average molecular weight is 376 g/mol. The van der Waals surface area contributed by atoms with Crippen molar-refractivity contribution >= 4 is 45.0 Å². The van der Waals surface area contributed by atoms with Gasteiger partial charge < -0.3 is 4.98 Å². The van der Waals surface area contributed by atoms with Crippen LogP contribution in [0.1, 0.15) is 52.0 Å². The Labute approximate surface area is 160 Å². The number of rotatable bonds is 7. The van der Waals surface area contributed by atoms with Gasteiger partial charge in [0, 0.05) is 26.3 Å². The Morgan fingerprint density at radius 2 is 1.68 bits per heavy atom. The van der Waals surface area contributed by atoms with Crippen LogP contribution in [-0.4, -0.2) is 4.98 Å². The van der Waals surface area contributed by atoms with Crippen molar-refractivity contribution in [3.8, 4) is 0 Å². The van der Waals surface area contributed by atoms with Crippen molar-refractivity contribution in [2.24, 2.45) is 11.8 Å². The van der Waals surface area contributed by atoms with Gasteiger partial charge in [-0.1, -0.05) is 75.4 Å². The second-order valence-corrected chi connectivity index (χ2v) is 8.58. The Morgan fingerprint density at radius 3 is 2.44 bits per heavy atom. The monoisotopic (exact) mass is 375 g/mol. The smallest absolute Gasteiger partial charge is 0.0512 e. The van der Waals surface area contributed by atoms with Crippen LogP contribution in [0.4, 0.5) is 0 Å². The van der Waals surface area contributed by atoms with Gasteiger partial charge in [-0.3, -0.25) is 0 Å². The molecule has 1 unspecified atom stereocenters. The largest absolute Gasteiger partial charge is 0.354 e. The third-order valence-electron chi connectivity index (χ3n) is 5.15. The zero-order valence-corrected chi connectivity index (χ0v) is 16.8. The van der Waals surface area contributed by atoms with E-state index in [1.807, 2.05) is 18.2 Å². The molecule has 0 aliphatic carbocycles. The predicted octanol–water partition coefficient (Wildman–Crippen LogP) is 8.02. The Morgan fingerprint density at radius 1 is 0.920 bits per heavy atom. The summed E-state index contributed by atoms with van der Waals surface area (Å²) >= 11 is 12.7. The van der Waals surface area contributed by atoms with Crippen molar-refractivity contribution in [2.45, 2.75) is 52.9 Å². The molecule has 3 heteroatoms. The summed E-state index contributed by atoms with van der Waals surface area (Å²) in [5.41, 5.74) is 3.48. The molecule has 1 aromatic heterocycles. The molecular formula is C22H27Cl2N. The van der Waals surface area contributed by atoms with Crippen LogP contribution < -0.4 is 0 Å². The van der Waals surface area contributed by atoms with Crippen molar-refractivity contribution in [3.63, 3.8) is 0 Å². The molecule has 1 nitrogen and oxygen atoms in total. The van der Waals surface area contributed by atoms with E-state index in [9.17, 15) is 0 Å². The molecule has 1 N–H and O–H groups in total. The maximum absolute atomic E-state index is 6.55. The minimum absolute atomic E-state index is 0.726. The van der Waals surface area contributed by atoms with E-state index in [0.29, 0.717) is 0 Å². The second kappa shape index (κ2) is 8.01. The van der Waals surface area contributed by atoms with E-state index in [1.54, 1.807) is 0 Å². The fourth-order valence-electron chi connectivity index (χ4n) is 3.63. The summed E-state index contributed by atoms with van der Waals surface area (Å²) in [6, 6.07) is 10.2. The second-order valence-electron chi connectivity index (χ2n) is 7.73. The number of fused-ring (bicyclic) bond motifs is 3. The molecule has 0 saturated carbocycles. The fraction of sp³-hybridized carbons (Fsp3) is 0.455. The minimum Gasteiger partial charge on any atom is -0.354 e. The molecule has 0 fully saturated rings. The van der Waals surface area contributed by atoms with Gasteiger partial charge in [0.05, 0.1) is 5.52 Å². The van der Waals surface area contributed by atoms with E-state index >= 15 is 0 Å². The van der Waals surface area contributed by atoms with Gasteiger partial charge in [0.2, 0.25) is 0 Å². The molecule has 2 aromatic carbocycles. The highest BCUT2D eigenvalue weighted by molar-refractivity contribution is 6.33. The summed E-state index contributed by atoms with van der Waals surface area (Å²) < 4.78 is 0.